The lowest BCUT2D eigenvalue weighted by molar-refractivity contribution is -0.130. The molecule has 0 saturated carbocycles. The van der Waals surface area contributed by atoms with Crippen molar-refractivity contribution in [3.8, 4) is 11.1 Å². The molecule has 0 saturated heterocycles. The van der Waals surface area contributed by atoms with Crippen molar-refractivity contribution >= 4 is 11.5 Å². The number of hydrogen-bond donors (Lipinski definition) is 1. The van der Waals surface area contributed by atoms with E-state index in [2.05, 4.69) is 0 Å². The van der Waals surface area contributed by atoms with Gasteiger partial charge in [0.25, 0.3) is 0 Å². The lowest BCUT2D eigenvalue weighted by Crippen LogP contribution is -2.01. The van der Waals surface area contributed by atoms with Crippen LogP contribution in [0.25, 0.3) is 16.7 Å². The van der Waals surface area contributed by atoms with E-state index in [-0.39, 0.29) is 0 Å². The molecule has 20 heavy (non-hydrogen) atoms. The molecule has 0 radical (unpaired) electrons. The predicted molar refractivity (Wildman–Crippen MR) is 82.4 cm³/mol. The summed E-state index contributed by atoms with van der Waals surface area (Å²) in [6.45, 7) is 2.04. The van der Waals surface area contributed by atoms with Crippen LogP contribution in [-0.4, -0.2) is 11.1 Å². The van der Waals surface area contributed by atoms with Gasteiger partial charge < -0.3 is 5.11 Å². The molecule has 0 unspecified atom stereocenters. The molecule has 0 heterocycles. The normalized spacial score (nSPS) is 11.3. The molecule has 0 aliphatic carbocycles. The number of allylic oxidation sites excluding steroid dienone is 1. The van der Waals surface area contributed by atoms with Crippen LogP contribution in [0, 0.1) is 0 Å². The highest BCUT2D eigenvalue weighted by Crippen LogP contribution is 2.29. The van der Waals surface area contributed by atoms with Gasteiger partial charge in [0.15, 0.2) is 0 Å². The third-order valence-electron chi connectivity index (χ3n) is 3.17. The summed E-state index contributed by atoms with van der Waals surface area (Å²) < 4.78 is 0. The Kier molecular flexibility index (Phi) is 4.72. The molecule has 0 bridgehead atoms. The van der Waals surface area contributed by atoms with Crippen molar-refractivity contribution in [2.45, 2.75) is 19.8 Å². The third kappa shape index (κ3) is 3.15. The van der Waals surface area contributed by atoms with Crippen molar-refractivity contribution in [1.29, 1.82) is 0 Å². The molecule has 0 aliphatic heterocycles. The minimum atomic E-state index is -0.873. The molecule has 0 spiro atoms. The third-order valence-corrected chi connectivity index (χ3v) is 3.17. The highest BCUT2D eigenvalue weighted by molar-refractivity contribution is 6.17. The van der Waals surface area contributed by atoms with Crippen molar-refractivity contribution in [3.63, 3.8) is 0 Å². The fraction of sp³-hybridized carbons (Fsp3) is 0.167. The first-order valence-corrected chi connectivity index (χ1v) is 6.82. The largest absolute Gasteiger partial charge is 0.478 e. The number of carboxylic acids is 1. The molecule has 0 aliphatic rings. The summed E-state index contributed by atoms with van der Waals surface area (Å²) >= 11 is 0. The zero-order chi connectivity index (χ0) is 14.4. The molecule has 2 aromatic rings. The molecular weight excluding hydrogens is 248 g/mol. The van der Waals surface area contributed by atoms with Crippen LogP contribution in [0.15, 0.2) is 60.7 Å². The van der Waals surface area contributed by atoms with E-state index in [1.807, 2.05) is 67.6 Å². The van der Waals surface area contributed by atoms with Gasteiger partial charge in [-0.15, -0.1) is 0 Å². The standard InChI is InChI=1S/C18H18O2/c1-2-3-11-17(18(19)20)16-13-8-7-12-15(16)14-9-5-4-6-10-14/h4-13H,2-3H2,1H3,(H,19,20). The first kappa shape index (κ1) is 14.1. The van der Waals surface area contributed by atoms with Crippen molar-refractivity contribution in [1.82, 2.24) is 0 Å². The second-order valence-corrected chi connectivity index (χ2v) is 4.62. The van der Waals surface area contributed by atoms with Crippen molar-refractivity contribution in [2.75, 3.05) is 0 Å². The van der Waals surface area contributed by atoms with E-state index in [1.54, 1.807) is 0 Å². The fourth-order valence-electron chi connectivity index (χ4n) is 2.19. The second kappa shape index (κ2) is 6.71. The zero-order valence-electron chi connectivity index (χ0n) is 11.5. The van der Waals surface area contributed by atoms with Gasteiger partial charge in [0.1, 0.15) is 0 Å². The van der Waals surface area contributed by atoms with E-state index in [4.69, 9.17) is 0 Å². The molecule has 0 fully saturated rings. The first-order valence-electron chi connectivity index (χ1n) is 6.82. The summed E-state index contributed by atoms with van der Waals surface area (Å²) in [5.41, 5.74) is 3.15. The van der Waals surface area contributed by atoms with Crippen LogP contribution < -0.4 is 0 Å². The molecule has 2 rings (SSSR count). The highest BCUT2D eigenvalue weighted by Gasteiger charge is 2.14. The van der Waals surface area contributed by atoms with Crippen molar-refractivity contribution < 1.29 is 9.90 Å². The van der Waals surface area contributed by atoms with Crippen LogP contribution >= 0.6 is 0 Å². The SMILES string of the molecule is CCCC=C(C(=O)O)c1ccccc1-c1ccccc1. The molecular formula is C18H18O2. The Balaban J connectivity index is 2.54. The second-order valence-electron chi connectivity index (χ2n) is 4.62. The van der Waals surface area contributed by atoms with E-state index >= 15 is 0 Å². The van der Waals surface area contributed by atoms with E-state index in [0.717, 1.165) is 29.5 Å². The van der Waals surface area contributed by atoms with Gasteiger partial charge in [-0.25, -0.2) is 4.79 Å². The summed E-state index contributed by atoms with van der Waals surface area (Å²) in [5.74, 6) is -0.873. The summed E-state index contributed by atoms with van der Waals surface area (Å²) in [7, 11) is 0. The molecule has 0 atom stereocenters. The van der Waals surface area contributed by atoms with Gasteiger partial charge in [0.05, 0.1) is 5.57 Å². The smallest absolute Gasteiger partial charge is 0.335 e. The lowest BCUT2D eigenvalue weighted by Gasteiger charge is -2.10. The van der Waals surface area contributed by atoms with Crippen LogP contribution in [-0.2, 0) is 4.79 Å². The monoisotopic (exact) mass is 266 g/mol. The van der Waals surface area contributed by atoms with Gasteiger partial charge in [-0.1, -0.05) is 74.0 Å². The van der Waals surface area contributed by atoms with Crippen molar-refractivity contribution in [2.24, 2.45) is 0 Å². The van der Waals surface area contributed by atoms with Crippen LogP contribution in [0.3, 0.4) is 0 Å². The van der Waals surface area contributed by atoms with Crippen LogP contribution in [0.1, 0.15) is 25.3 Å². The molecule has 0 aromatic heterocycles. The summed E-state index contributed by atoms with van der Waals surface area (Å²) in [5, 5.41) is 9.46. The molecule has 2 heteroatoms. The summed E-state index contributed by atoms with van der Waals surface area (Å²) in [6, 6.07) is 17.5. The Morgan fingerprint density at radius 3 is 2.35 bits per heavy atom. The van der Waals surface area contributed by atoms with Crippen LogP contribution in [0.4, 0.5) is 0 Å². The average molecular weight is 266 g/mol. The van der Waals surface area contributed by atoms with Gasteiger partial charge in [0.2, 0.25) is 0 Å². The maximum Gasteiger partial charge on any atom is 0.335 e. The average Bonchev–Trinajstić information content (AvgIpc) is 2.49. The van der Waals surface area contributed by atoms with Gasteiger partial charge in [0, 0.05) is 0 Å². The quantitative estimate of drug-likeness (QED) is 0.802. The fourth-order valence-corrected chi connectivity index (χ4v) is 2.19. The molecule has 102 valence electrons. The molecule has 2 nitrogen and oxygen atoms in total. The number of unbranched alkanes of at least 4 members (excludes halogenated alkanes) is 1. The van der Waals surface area contributed by atoms with E-state index in [9.17, 15) is 9.90 Å². The van der Waals surface area contributed by atoms with E-state index in [0.29, 0.717) is 5.57 Å². The maximum absolute atomic E-state index is 11.5. The van der Waals surface area contributed by atoms with Gasteiger partial charge >= 0.3 is 5.97 Å². The maximum atomic E-state index is 11.5. The Bertz CT molecular complexity index is 612. The number of carboxylic acid groups (broad SMARTS) is 1. The Hall–Kier alpha value is -2.35. The number of carbonyl (C=O) groups is 1. The highest BCUT2D eigenvalue weighted by atomic mass is 16.4. The predicted octanol–water partition coefficient (Wildman–Crippen LogP) is 4.62. The summed E-state index contributed by atoms with van der Waals surface area (Å²) in [4.78, 5) is 11.5. The Morgan fingerprint density at radius 1 is 1.05 bits per heavy atom. The number of rotatable bonds is 5. The zero-order valence-corrected chi connectivity index (χ0v) is 11.5. The Morgan fingerprint density at radius 2 is 1.70 bits per heavy atom. The van der Waals surface area contributed by atoms with Gasteiger partial charge in [-0.2, -0.15) is 0 Å². The van der Waals surface area contributed by atoms with Crippen molar-refractivity contribution in [3.05, 3.63) is 66.2 Å². The number of hydrogen-bond acceptors (Lipinski definition) is 1. The number of aliphatic carboxylic acids is 1. The minimum Gasteiger partial charge on any atom is -0.478 e. The number of benzene rings is 2. The first-order chi connectivity index (χ1) is 9.74. The lowest BCUT2D eigenvalue weighted by atomic mass is 9.94. The van der Waals surface area contributed by atoms with E-state index in [1.165, 1.54) is 0 Å². The van der Waals surface area contributed by atoms with E-state index < -0.39 is 5.97 Å². The minimum absolute atomic E-state index is 0.381. The van der Waals surface area contributed by atoms with Gasteiger partial charge in [-0.05, 0) is 23.1 Å². The topological polar surface area (TPSA) is 37.3 Å². The van der Waals surface area contributed by atoms with Crippen LogP contribution in [0.5, 0.6) is 0 Å². The van der Waals surface area contributed by atoms with Crippen LogP contribution in [0.2, 0.25) is 0 Å². The molecule has 1 N–H and O–H groups in total. The molecule has 2 aromatic carbocycles. The Labute approximate surface area is 119 Å². The van der Waals surface area contributed by atoms with Gasteiger partial charge in [-0.3, -0.25) is 0 Å². The molecule has 0 amide bonds. The summed E-state index contributed by atoms with van der Waals surface area (Å²) in [6.07, 6.45) is 3.51.